The zero-order valence-electron chi connectivity index (χ0n) is 20.5. The summed E-state index contributed by atoms with van der Waals surface area (Å²) in [5, 5.41) is 25.6. The number of esters is 1. The summed E-state index contributed by atoms with van der Waals surface area (Å²) in [5.74, 6) is -0.665. The molecule has 190 valence electrons. The van der Waals surface area contributed by atoms with Crippen molar-refractivity contribution >= 4 is 12.0 Å². The second-order valence-electron chi connectivity index (χ2n) is 9.22. The Balaban J connectivity index is 1.62. The van der Waals surface area contributed by atoms with Gasteiger partial charge in [-0.25, -0.2) is 9.07 Å². The third kappa shape index (κ3) is 6.28. The number of ether oxygens (including phenoxy) is 1. The molecule has 1 aliphatic rings. The van der Waals surface area contributed by atoms with Crippen LogP contribution in [0.25, 0.3) is 11.8 Å². The molecule has 7 heteroatoms. The predicted molar refractivity (Wildman–Crippen MR) is 136 cm³/mol. The van der Waals surface area contributed by atoms with Gasteiger partial charge in [0.25, 0.3) is 0 Å². The van der Waals surface area contributed by atoms with Gasteiger partial charge in [-0.05, 0) is 56.4 Å². The Labute approximate surface area is 211 Å². The van der Waals surface area contributed by atoms with Gasteiger partial charge in [-0.3, -0.25) is 4.79 Å². The summed E-state index contributed by atoms with van der Waals surface area (Å²) in [5.41, 5.74) is 4.33. The number of benzene rings is 2. The Hall–Kier alpha value is -3.29. The average Bonchev–Trinajstić information content (AvgIpc) is 3.23. The van der Waals surface area contributed by atoms with Gasteiger partial charge in [0.05, 0.1) is 36.6 Å². The van der Waals surface area contributed by atoms with Gasteiger partial charge in [-0.15, -0.1) is 0 Å². The van der Waals surface area contributed by atoms with E-state index in [1.807, 2.05) is 18.2 Å². The molecule has 0 amide bonds. The number of hydrogen-bond donors (Lipinski definition) is 2. The number of nitrogens with zero attached hydrogens (tertiary/aromatic N) is 2. The third-order valence-corrected chi connectivity index (χ3v) is 6.52. The van der Waals surface area contributed by atoms with E-state index >= 15 is 0 Å². The highest BCUT2D eigenvalue weighted by Crippen LogP contribution is 2.37. The first-order valence-corrected chi connectivity index (χ1v) is 12.6. The maximum Gasteiger partial charge on any atom is 0.308 e. The minimum absolute atomic E-state index is 0.0119. The van der Waals surface area contributed by atoms with Crippen LogP contribution in [0.4, 0.5) is 4.39 Å². The van der Waals surface area contributed by atoms with Crippen molar-refractivity contribution in [2.45, 2.75) is 63.6 Å². The van der Waals surface area contributed by atoms with E-state index in [9.17, 15) is 19.4 Å². The molecule has 0 bridgehead atoms. The van der Waals surface area contributed by atoms with Gasteiger partial charge < -0.3 is 14.9 Å². The molecule has 4 rings (SSSR count). The molecule has 0 saturated carbocycles. The minimum Gasteiger partial charge on any atom is -0.466 e. The molecule has 1 heterocycles. The zero-order valence-corrected chi connectivity index (χ0v) is 20.5. The van der Waals surface area contributed by atoms with Crippen LogP contribution in [0.5, 0.6) is 0 Å². The maximum atomic E-state index is 14.8. The van der Waals surface area contributed by atoms with Crippen molar-refractivity contribution < 1.29 is 24.1 Å². The predicted octanol–water partition coefficient (Wildman–Crippen LogP) is 4.75. The van der Waals surface area contributed by atoms with Gasteiger partial charge in [0.2, 0.25) is 0 Å². The van der Waals surface area contributed by atoms with Gasteiger partial charge in [-0.2, -0.15) is 5.10 Å². The van der Waals surface area contributed by atoms with Crippen molar-refractivity contribution in [3.05, 3.63) is 89.0 Å². The molecular formula is C29H33FN2O4. The zero-order chi connectivity index (χ0) is 25.5. The number of aromatic nitrogens is 2. The number of carbonyl (C=O) groups is 1. The molecule has 3 atom stereocenters. The largest absolute Gasteiger partial charge is 0.466 e. The van der Waals surface area contributed by atoms with Crippen molar-refractivity contribution in [3.8, 4) is 5.69 Å². The van der Waals surface area contributed by atoms with Crippen LogP contribution >= 0.6 is 0 Å². The molecular weight excluding hydrogens is 459 g/mol. The normalized spacial score (nSPS) is 17.1. The molecule has 0 saturated heterocycles. The first kappa shape index (κ1) is 25.8. The molecule has 1 aromatic heterocycles. The number of halogens is 1. The summed E-state index contributed by atoms with van der Waals surface area (Å²) in [6, 6.07) is 16.8. The van der Waals surface area contributed by atoms with Crippen LogP contribution < -0.4 is 0 Å². The molecule has 36 heavy (non-hydrogen) atoms. The summed E-state index contributed by atoms with van der Waals surface area (Å²) in [6.45, 7) is 1.94. The fourth-order valence-corrected chi connectivity index (χ4v) is 4.86. The molecule has 3 unspecified atom stereocenters. The van der Waals surface area contributed by atoms with Crippen molar-refractivity contribution in [1.29, 1.82) is 0 Å². The van der Waals surface area contributed by atoms with Crippen LogP contribution in [0.2, 0.25) is 0 Å². The van der Waals surface area contributed by atoms with E-state index in [1.165, 1.54) is 11.6 Å². The Morgan fingerprint density at radius 1 is 1.19 bits per heavy atom. The van der Waals surface area contributed by atoms with Crippen LogP contribution in [0.3, 0.4) is 0 Å². The van der Waals surface area contributed by atoms with E-state index < -0.39 is 18.2 Å². The molecule has 0 aliphatic heterocycles. The first-order chi connectivity index (χ1) is 17.5. The number of fused-ring (bicyclic) bond motifs is 1. The van der Waals surface area contributed by atoms with Gasteiger partial charge in [0.15, 0.2) is 0 Å². The number of aliphatic hydroxyl groups excluding tert-OH is 2. The first-order valence-electron chi connectivity index (χ1n) is 12.6. The SMILES string of the molecule is CCOC(=O)CC(O)CC(O)/C=C/c1c2c(nn1-c1ccccc1F)C(Cc1ccccc1)CCC2. The van der Waals surface area contributed by atoms with Gasteiger partial charge in [0, 0.05) is 17.9 Å². The quantitative estimate of drug-likeness (QED) is 0.399. The van der Waals surface area contributed by atoms with E-state index in [0.717, 1.165) is 42.6 Å². The monoisotopic (exact) mass is 492 g/mol. The van der Waals surface area contributed by atoms with Crippen LogP contribution in [-0.4, -0.2) is 44.8 Å². The standard InChI is InChI=1S/C29H33FN2O4/c1-2-36-28(35)19-23(34)18-22(33)15-16-26-24-12-8-11-21(17-20-9-4-3-5-10-20)29(24)31-32(26)27-14-7-6-13-25(27)30/h3-7,9-10,13-16,21-23,33-34H,2,8,11-12,17-19H2,1H3/b16-15+. The van der Waals surface area contributed by atoms with E-state index in [4.69, 9.17) is 9.84 Å². The molecule has 0 radical (unpaired) electrons. The fraction of sp³-hybridized carbons (Fsp3) is 0.379. The maximum absolute atomic E-state index is 14.8. The number of rotatable bonds is 10. The Kier molecular flexibility index (Phi) is 8.67. The second kappa shape index (κ2) is 12.1. The summed E-state index contributed by atoms with van der Waals surface area (Å²) in [4.78, 5) is 11.6. The number of aliphatic hydroxyl groups is 2. The highest BCUT2D eigenvalue weighted by molar-refractivity contribution is 5.69. The Morgan fingerprint density at radius 2 is 1.94 bits per heavy atom. The van der Waals surface area contributed by atoms with Crippen LogP contribution in [0, 0.1) is 5.82 Å². The second-order valence-corrected chi connectivity index (χ2v) is 9.22. The third-order valence-electron chi connectivity index (χ3n) is 6.52. The Morgan fingerprint density at radius 3 is 2.69 bits per heavy atom. The van der Waals surface area contributed by atoms with Crippen molar-refractivity contribution in [2.24, 2.45) is 0 Å². The lowest BCUT2D eigenvalue weighted by Crippen LogP contribution is -2.20. The molecule has 2 N–H and O–H groups in total. The van der Waals surface area contributed by atoms with E-state index in [2.05, 4.69) is 12.1 Å². The lowest BCUT2D eigenvalue weighted by atomic mass is 9.83. The van der Waals surface area contributed by atoms with Gasteiger partial charge >= 0.3 is 5.97 Å². The molecule has 0 spiro atoms. The number of para-hydroxylation sites is 1. The van der Waals surface area contributed by atoms with Gasteiger partial charge in [0.1, 0.15) is 11.5 Å². The highest BCUT2D eigenvalue weighted by atomic mass is 19.1. The molecule has 0 fully saturated rings. The minimum atomic E-state index is -1.02. The van der Waals surface area contributed by atoms with E-state index in [-0.39, 0.29) is 31.2 Å². The highest BCUT2D eigenvalue weighted by Gasteiger charge is 2.28. The lowest BCUT2D eigenvalue weighted by Gasteiger charge is -2.21. The van der Waals surface area contributed by atoms with Gasteiger partial charge in [-0.1, -0.05) is 48.5 Å². The average molecular weight is 493 g/mol. The van der Waals surface area contributed by atoms with Crippen LogP contribution in [0.1, 0.15) is 61.0 Å². The lowest BCUT2D eigenvalue weighted by molar-refractivity contribution is -0.145. The summed E-state index contributed by atoms with van der Waals surface area (Å²) in [7, 11) is 0. The Bertz CT molecular complexity index is 1190. The molecule has 6 nitrogen and oxygen atoms in total. The van der Waals surface area contributed by atoms with Crippen LogP contribution in [-0.2, 0) is 22.4 Å². The van der Waals surface area contributed by atoms with E-state index in [1.54, 1.807) is 42.0 Å². The number of hydrogen-bond acceptors (Lipinski definition) is 5. The summed E-state index contributed by atoms with van der Waals surface area (Å²) < 4.78 is 21.3. The van der Waals surface area contributed by atoms with Crippen molar-refractivity contribution in [3.63, 3.8) is 0 Å². The molecule has 1 aliphatic carbocycles. The van der Waals surface area contributed by atoms with Crippen molar-refractivity contribution in [2.75, 3.05) is 6.61 Å². The smallest absolute Gasteiger partial charge is 0.308 e. The van der Waals surface area contributed by atoms with Crippen LogP contribution in [0.15, 0.2) is 60.7 Å². The summed E-state index contributed by atoms with van der Waals surface area (Å²) >= 11 is 0. The number of carbonyl (C=O) groups excluding carboxylic acids is 1. The van der Waals surface area contributed by atoms with Crippen molar-refractivity contribution in [1.82, 2.24) is 9.78 Å². The summed E-state index contributed by atoms with van der Waals surface area (Å²) in [6.07, 6.45) is 4.79. The molecule has 3 aromatic rings. The molecule has 2 aromatic carbocycles. The van der Waals surface area contributed by atoms with E-state index in [0.29, 0.717) is 5.69 Å². The fourth-order valence-electron chi connectivity index (χ4n) is 4.86. The topological polar surface area (TPSA) is 84.6 Å².